The van der Waals surface area contributed by atoms with Crippen LogP contribution in [0.5, 0.6) is 0 Å². The van der Waals surface area contributed by atoms with Crippen LogP contribution in [0.1, 0.15) is 91.9 Å². The van der Waals surface area contributed by atoms with Crippen LogP contribution in [0.3, 0.4) is 0 Å². The molecule has 0 N–H and O–H groups in total. The molecule has 0 amide bonds. The molecule has 0 radical (unpaired) electrons. The summed E-state index contributed by atoms with van der Waals surface area (Å²) >= 11 is 0. The van der Waals surface area contributed by atoms with Gasteiger partial charge in [-0.3, -0.25) is 0 Å². The fourth-order valence-corrected chi connectivity index (χ4v) is 2.69. The molecule has 0 aromatic heterocycles. The minimum Gasteiger partial charge on any atom is -0.461 e. The van der Waals surface area contributed by atoms with E-state index in [1.165, 1.54) is 0 Å². The largest absolute Gasteiger partial charge is 0.461 e. The number of esters is 2. The third kappa shape index (κ3) is 13.8. The first kappa shape index (κ1) is 23.9. The van der Waals surface area contributed by atoms with Crippen molar-refractivity contribution >= 4 is 11.9 Å². The number of hydrogen-bond acceptors (Lipinski definition) is 5. The zero-order valence-electron chi connectivity index (χ0n) is 16.7. The first-order valence-corrected chi connectivity index (χ1v) is 10.0. The van der Waals surface area contributed by atoms with Crippen molar-refractivity contribution in [2.45, 2.75) is 104 Å². The first-order chi connectivity index (χ1) is 12.1. The fraction of sp³-hybridized carbons (Fsp3) is 0.900. The lowest BCUT2D eigenvalue weighted by Crippen LogP contribution is -2.25. The van der Waals surface area contributed by atoms with Gasteiger partial charge in [0, 0.05) is 0 Å². The Morgan fingerprint density at radius 2 is 1.04 bits per heavy atom. The van der Waals surface area contributed by atoms with Gasteiger partial charge in [-0.2, -0.15) is 0 Å². The molecule has 5 heteroatoms. The normalized spacial score (nSPS) is 13.3. The van der Waals surface area contributed by atoms with Gasteiger partial charge in [0.25, 0.3) is 0 Å². The Labute approximate surface area is 153 Å². The van der Waals surface area contributed by atoms with Gasteiger partial charge in [-0.15, -0.1) is 0 Å². The van der Waals surface area contributed by atoms with Crippen LogP contribution in [-0.2, 0) is 23.8 Å². The molecule has 5 nitrogen and oxygen atoms in total. The van der Waals surface area contributed by atoms with E-state index >= 15 is 0 Å². The molecule has 0 rings (SSSR count). The Hall–Kier alpha value is -1.10. The van der Waals surface area contributed by atoms with Gasteiger partial charge < -0.3 is 14.2 Å². The summed E-state index contributed by atoms with van der Waals surface area (Å²) in [5.74, 6) is -0.808. The van der Waals surface area contributed by atoms with Crippen LogP contribution in [0.4, 0.5) is 0 Å². The summed E-state index contributed by atoms with van der Waals surface area (Å²) in [4.78, 5) is 23.7. The standard InChI is InChI=1S/C20H38O5/c1-5-9-13-17(11-7-3)24-19(21)15-23-16-20(22)25-18(12-8-4)14-10-6-2/h17-18H,5-16H2,1-4H3. The summed E-state index contributed by atoms with van der Waals surface area (Å²) in [7, 11) is 0. The van der Waals surface area contributed by atoms with Crippen molar-refractivity contribution in [3.8, 4) is 0 Å². The lowest BCUT2D eigenvalue weighted by molar-refractivity contribution is -0.161. The second-order valence-corrected chi connectivity index (χ2v) is 6.58. The second-order valence-electron chi connectivity index (χ2n) is 6.58. The summed E-state index contributed by atoms with van der Waals surface area (Å²) in [6.07, 6.45) is 9.61. The van der Waals surface area contributed by atoms with E-state index in [2.05, 4.69) is 27.7 Å². The topological polar surface area (TPSA) is 61.8 Å². The maximum atomic E-state index is 11.8. The third-order valence-corrected chi connectivity index (χ3v) is 4.02. The second kappa shape index (κ2) is 16.4. The van der Waals surface area contributed by atoms with Crippen LogP contribution in [0.2, 0.25) is 0 Å². The number of unbranched alkanes of at least 4 members (excludes halogenated alkanes) is 2. The van der Waals surface area contributed by atoms with E-state index in [9.17, 15) is 9.59 Å². The molecule has 2 unspecified atom stereocenters. The summed E-state index contributed by atoms with van der Waals surface area (Å²) in [6.45, 7) is 7.98. The molecule has 0 fully saturated rings. The van der Waals surface area contributed by atoms with E-state index in [-0.39, 0.29) is 25.4 Å². The summed E-state index contributed by atoms with van der Waals surface area (Å²) in [5.41, 5.74) is 0. The minimum atomic E-state index is -0.404. The Balaban J connectivity index is 4.04. The van der Waals surface area contributed by atoms with Crippen LogP contribution < -0.4 is 0 Å². The molecular formula is C20H38O5. The van der Waals surface area contributed by atoms with E-state index in [4.69, 9.17) is 14.2 Å². The van der Waals surface area contributed by atoms with E-state index in [1.54, 1.807) is 0 Å². The van der Waals surface area contributed by atoms with Crippen molar-refractivity contribution in [1.82, 2.24) is 0 Å². The summed E-state index contributed by atoms with van der Waals surface area (Å²) in [5, 5.41) is 0. The Bertz CT molecular complexity index is 311. The molecule has 0 aliphatic rings. The molecule has 148 valence electrons. The van der Waals surface area contributed by atoms with E-state index in [1.807, 2.05) is 0 Å². The van der Waals surface area contributed by atoms with Crippen LogP contribution >= 0.6 is 0 Å². The summed E-state index contributed by atoms with van der Waals surface area (Å²) in [6, 6.07) is 0. The quantitative estimate of drug-likeness (QED) is 0.371. The molecule has 0 heterocycles. The average Bonchev–Trinajstić information content (AvgIpc) is 2.58. The smallest absolute Gasteiger partial charge is 0.332 e. The Morgan fingerprint density at radius 1 is 0.640 bits per heavy atom. The van der Waals surface area contributed by atoms with Crippen molar-refractivity contribution in [3.63, 3.8) is 0 Å². The molecule has 0 saturated carbocycles. The summed E-state index contributed by atoms with van der Waals surface area (Å²) < 4.78 is 16.0. The number of carbonyl (C=O) groups is 2. The predicted molar refractivity (Wildman–Crippen MR) is 99.4 cm³/mol. The minimum absolute atomic E-state index is 0.0454. The highest BCUT2D eigenvalue weighted by atomic mass is 16.6. The highest BCUT2D eigenvalue weighted by Crippen LogP contribution is 2.12. The van der Waals surface area contributed by atoms with Gasteiger partial charge in [0.1, 0.15) is 25.4 Å². The molecular weight excluding hydrogens is 320 g/mol. The van der Waals surface area contributed by atoms with Crippen LogP contribution in [-0.4, -0.2) is 37.4 Å². The van der Waals surface area contributed by atoms with Crippen LogP contribution in [0.15, 0.2) is 0 Å². The van der Waals surface area contributed by atoms with Crippen molar-refractivity contribution in [2.75, 3.05) is 13.2 Å². The maximum Gasteiger partial charge on any atom is 0.332 e. The number of hydrogen-bond donors (Lipinski definition) is 0. The van der Waals surface area contributed by atoms with Gasteiger partial charge in [0.05, 0.1) is 0 Å². The Kier molecular flexibility index (Phi) is 15.7. The fourth-order valence-electron chi connectivity index (χ4n) is 2.69. The SMILES string of the molecule is CCCCC(CCC)OC(=O)COCC(=O)OC(CCC)CCCC. The highest BCUT2D eigenvalue weighted by molar-refractivity contribution is 5.73. The molecule has 0 aliphatic carbocycles. The zero-order valence-corrected chi connectivity index (χ0v) is 16.7. The lowest BCUT2D eigenvalue weighted by Gasteiger charge is -2.18. The van der Waals surface area contributed by atoms with Crippen molar-refractivity contribution in [1.29, 1.82) is 0 Å². The van der Waals surface area contributed by atoms with Crippen LogP contribution in [0, 0.1) is 0 Å². The van der Waals surface area contributed by atoms with Crippen molar-refractivity contribution in [3.05, 3.63) is 0 Å². The first-order valence-electron chi connectivity index (χ1n) is 10.0. The van der Waals surface area contributed by atoms with E-state index < -0.39 is 11.9 Å². The zero-order chi connectivity index (χ0) is 18.9. The van der Waals surface area contributed by atoms with Crippen LogP contribution in [0.25, 0.3) is 0 Å². The predicted octanol–water partition coefficient (Wildman–Crippen LogP) is 4.81. The van der Waals surface area contributed by atoms with Gasteiger partial charge in [0.15, 0.2) is 0 Å². The van der Waals surface area contributed by atoms with E-state index in [0.29, 0.717) is 0 Å². The van der Waals surface area contributed by atoms with E-state index in [0.717, 1.165) is 64.2 Å². The molecule has 25 heavy (non-hydrogen) atoms. The number of ether oxygens (including phenoxy) is 3. The van der Waals surface area contributed by atoms with Crippen molar-refractivity contribution in [2.24, 2.45) is 0 Å². The molecule has 0 aromatic carbocycles. The highest BCUT2D eigenvalue weighted by Gasteiger charge is 2.16. The van der Waals surface area contributed by atoms with Gasteiger partial charge in [-0.05, 0) is 25.7 Å². The van der Waals surface area contributed by atoms with Gasteiger partial charge in [0.2, 0.25) is 0 Å². The number of carbonyl (C=O) groups excluding carboxylic acids is 2. The molecule has 0 spiro atoms. The maximum absolute atomic E-state index is 11.8. The lowest BCUT2D eigenvalue weighted by atomic mass is 10.1. The molecule has 0 aliphatic heterocycles. The molecule has 0 aromatic rings. The third-order valence-electron chi connectivity index (χ3n) is 4.02. The van der Waals surface area contributed by atoms with Crippen molar-refractivity contribution < 1.29 is 23.8 Å². The molecule has 0 bridgehead atoms. The average molecular weight is 359 g/mol. The Morgan fingerprint density at radius 3 is 1.36 bits per heavy atom. The van der Waals surface area contributed by atoms with Gasteiger partial charge >= 0.3 is 11.9 Å². The van der Waals surface area contributed by atoms with Gasteiger partial charge in [-0.1, -0.05) is 66.2 Å². The number of rotatable bonds is 16. The monoisotopic (exact) mass is 358 g/mol. The van der Waals surface area contributed by atoms with Gasteiger partial charge in [-0.25, -0.2) is 9.59 Å². The molecule has 2 atom stereocenters. The molecule has 0 saturated heterocycles.